The van der Waals surface area contributed by atoms with Crippen LogP contribution in [-0.4, -0.2) is 77.1 Å². The van der Waals surface area contributed by atoms with E-state index in [0.717, 1.165) is 75.0 Å². The molecule has 2 aromatic heterocycles. The molecule has 0 aliphatic carbocycles. The summed E-state index contributed by atoms with van der Waals surface area (Å²) >= 11 is 0. The minimum Gasteiger partial charge on any atom is -0.355 e. The molecule has 2 aliphatic rings. The molecule has 0 saturated carbocycles. The fourth-order valence-electron chi connectivity index (χ4n) is 4.61. The molecule has 0 atom stereocenters. The zero-order chi connectivity index (χ0) is 20.7. The van der Waals surface area contributed by atoms with Crippen molar-refractivity contribution in [1.29, 1.82) is 0 Å². The van der Waals surface area contributed by atoms with E-state index >= 15 is 0 Å². The molecule has 4 heterocycles. The van der Waals surface area contributed by atoms with Crippen molar-refractivity contribution < 1.29 is 8.78 Å². The molecule has 1 aromatic carbocycles. The SMILES string of the molecule is CN1CCN(C2CCN(c3nccc4[nH]c(-c5cc(F)cc(F)c5)nc34)CC2)CC1. The lowest BCUT2D eigenvalue weighted by atomic mass is 10.0. The molecule has 2 fully saturated rings. The molecule has 30 heavy (non-hydrogen) atoms. The second kappa shape index (κ2) is 7.92. The van der Waals surface area contributed by atoms with E-state index in [1.807, 2.05) is 6.07 Å². The number of imidazole rings is 1. The van der Waals surface area contributed by atoms with Crippen LogP contribution in [0.3, 0.4) is 0 Å². The van der Waals surface area contributed by atoms with Crippen molar-refractivity contribution in [2.75, 3.05) is 51.2 Å². The van der Waals surface area contributed by atoms with Gasteiger partial charge in [-0.1, -0.05) is 0 Å². The predicted molar refractivity (Wildman–Crippen MR) is 114 cm³/mol. The fraction of sp³-hybridized carbons (Fsp3) is 0.455. The summed E-state index contributed by atoms with van der Waals surface area (Å²) in [6.45, 7) is 6.42. The van der Waals surface area contributed by atoms with E-state index in [2.05, 4.69) is 36.7 Å². The number of nitrogens with zero attached hydrogens (tertiary/aromatic N) is 5. The van der Waals surface area contributed by atoms with E-state index in [1.165, 1.54) is 12.1 Å². The van der Waals surface area contributed by atoms with Crippen LogP contribution in [0.25, 0.3) is 22.4 Å². The lowest BCUT2D eigenvalue weighted by molar-refractivity contribution is 0.0981. The maximum atomic E-state index is 13.6. The Morgan fingerprint density at radius 2 is 1.67 bits per heavy atom. The van der Waals surface area contributed by atoms with Crippen molar-refractivity contribution in [2.45, 2.75) is 18.9 Å². The van der Waals surface area contributed by atoms with Crippen molar-refractivity contribution in [3.8, 4) is 11.4 Å². The van der Waals surface area contributed by atoms with Gasteiger partial charge < -0.3 is 14.8 Å². The molecule has 8 heteroatoms. The first-order valence-corrected chi connectivity index (χ1v) is 10.6. The van der Waals surface area contributed by atoms with Gasteiger partial charge in [-0.2, -0.15) is 0 Å². The Morgan fingerprint density at radius 3 is 2.37 bits per heavy atom. The van der Waals surface area contributed by atoms with Crippen molar-refractivity contribution in [2.24, 2.45) is 0 Å². The standard InChI is InChI=1S/C22H26F2N6/c1-28-8-10-29(11-9-28)18-3-6-30(7-4-18)22-20-19(2-5-25-22)26-21(27-20)15-12-16(23)14-17(24)13-15/h2,5,12-14,18H,3-4,6-11H2,1H3,(H,26,27). The Hall–Kier alpha value is -2.58. The summed E-state index contributed by atoms with van der Waals surface area (Å²) in [7, 11) is 2.18. The Kier molecular flexibility index (Phi) is 5.12. The molecule has 5 rings (SSSR count). The van der Waals surface area contributed by atoms with Gasteiger partial charge in [0.25, 0.3) is 0 Å². The summed E-state index contributed by atoms with van der Waals surface area (Å²) < 4.78 is 27.3. The van der Waals surface area contributed by atoms with E-state index < -0.39 is 11.6 Å². The Labute approximate surface area is 174 Å². The molecule has 158 valence electrons. The number of piperidine rings is 1. The molecule has 2 saturated heterocycles. The number of H-pyrrole nitrogens is 1. The Morgan fingerprint density at radius 1 is 0.967 bits per heavy atom. The molecule has 0 amide bonds. The van der Waals surface area contributed by atoms with Crippen molar-refractivity contribution in [3.63, 3.8) is 0 Å². The second-order valence-corrected chi connectivity index (χ2v) is 8.33. The fourth-order valence-corrected chi connectivity index (χ4v) is 4.61. The average Bonchev–Trinajstić information content (AvgIpc) is 3.18. The highest BCUT2D eigenvalue weighted by molar-refractivity contribution is 5.88. The molecule has 1 N–H and O–H groups in total. The smallest absolute Gasteiger partial charge is 0.156 e. The zero-order valence-electron chi connectivity index (χ0n) is 17.1. The van der Waals surface area contributed by atoms with E-state index in [0.29, 0.717) is 17.4 Å². The second-order valence-electron chi connectivity index (χ2n) is 8.33. The van der Waals surface area contributed by atoms with Crippen LogP contribution < -0.4 is 4.90 Å². The van der Waals surface area contributed by atoms with Crippen LogP contribution in [0.1, 0.15) is 12.8 Å². The van der Waals surface area contributed by atoms with E-state index in [1.54, 1.807) is 6.20 Å². The third-order valence-corrected chi connectivity index (χ3v) is 6.34. The number of hydrogen-bond acceptors (Lipinski definition) is 5. The number of hydrogen-bond donors (Lipinski definition) is 1. The molecule has 0 spiro atoms. The first-order chi connectivity index (χ1) is 14.6. The molecule has 6 nitrogen and oxygen atoms in total. The third kappa shape index (κ3) is 3.77. The van der Waals surface area contributed by atoms with E-state index in [4.69, 9.17) is 0 Å². The van der Waals surface area contributed by atoms with Crippen molar-refractivity contribution >= 4 is 16.9 Å². The third-order valence-electron chi connectivity index (χ3n) is 6.34. The first kappa shape index (κ1) is 19.4. The molecule has 2 aliphatic heterocycles. The van der Waals surface area contributed by atoms with Crippen molar-refractivity contribution in [1.82, 2.24) is 24.8 Å². The first-order valence-electron chi connectivity index (χ1n) is 10.6. The number of benzene rings is 1. The maximum absolute atomic E-state index is 13.6. The van der Waals surface area contributed by atoms with Crippen LogP contribution in [0.5, 0.6) is 0 Å². The van der Waals surface area contributed by atoms with Gasteiger partial charge in [0.1, 0.15) is 23.0 Å². The zero-order valence-corrected chi connectivity index (χ0v) is 17.1. The molecule has 3 aromatic rings. The number of anilines is 1. The molecular formula is C22H26F2N6. The normalized spacial score (nSPS) is 19.6. The van der Waals surface area contributed by atoms with Crippen LogP contribution in [0, 0.1) is 11.6 Å². The van der Waals surface area contributed by atoms with Crippen LogP contribution >= 0.6 is 0 Å². The van der Waals surface area contributed by atoms with Gasteiger partial charge in [0.05, 0.1) is 5.52 Å². The van der Waals surface area contributed by atoms with Gasteiger partial charge in [0.2, 0.25) is 0 Å². The van der Waals surface area contributed by atoms with Gasteiger partial charge in [-0.3, -0.25) is 4.90 Å². The number of fused-ring (bicyclic) bond motifs is 1. The van der Waals surface area contributed by atoms with Gasteiger partial charge >= 0.3 is 0 Å². The lowest BCUT2D eigenvalue weighted by Gasteiger charge is -2.42. The van der Waals surface area contributed by atoms with Crippen LogP contribution in [0.4, 0.5) is 14.6 Å². The Bertz CT molecular complexity index is 1020. The summed E-state index contributed by atoms with van der Waals surface area (Å²) in [5, 5.41) is 0. The number of halogens is 2. The number of aromatic nitrogens is 3. The highest BCUT2D eigenvalue weighted by atomic mass is 19.1. The van der Waals surface area contributed by atoms with Gasteiger partial charge in [0, 0.05) is 63.1 Å². The maximum Gasteiger partial charge on any atom is 0.156 e. The molecule has 0 radical (unpaired) electrons. The highest BCUT2D eigenvalue weighted by Gasteiger charge is 2.28. The topological polar surface area (TPSA) is 51.3 Å². The van der Waals surface area contributed by atoms with Crippen LogP contribution in [0.2, 0.25) is 0 Å². The van der Waals surface area contributed by atoms with Gasteiger partial charge in [-0.05, 0) is 38.1 Å². The summed E-state index contributed by atoms with van der Waals surface area (Å²) in [6, 6.07) is 5.91. The number of piperazine rings is 1. The Balaban J connectivity index is 1.36. The highest BCUT2D eigenvalue weighted by Crippen LogP contribution is 2.29. The minimum absolute atomic E-state index is 0.392. The summed E-state index contributed by atoms with van der Waals surface area (Å²) in [5.74, 6) is 0.0539. The lowest BCUT2D eigenvalue weighted by Crippen LogP contribution is -2.52. The number of rotatable bonds is 3. The van der Waals surface area contributed by atoms with Crippen LogP contribution in [-0.2, 0) is 0 Å². The largest absolute Gasteiger partial charge is 0.355 e. The number of aromatic amines is 1. The van der Waals surface area contributed by atoms with E-state index in [-0.39, 0.29) is 0 Å². The number of pyridine rings is 1. The quantitative estimate of drug-likeness (QED) is 0.716. The summed E-state index contributed by atoms with van der Waals surface area (Å²) in [6.07, 6.45) is 3.97. The van der Waals surface area contributed by atoms with Gasteiger partial charge in [-0.25, -0.2) is 18.7 Å². The number of nitrogens with one attached hydrogen (secondary N) is 1. The molecular weight excluding hydrogens is 386 g/mol. The van der Waals surface area contributed by atoms with Crippen LogP contribution in [0.15, 0.2) is 30.5 Å². The monoisotopic (exact) mass is 412 g/mol. The molecule has 0 unspecified atom stereocenters. The molecule has 0 bridgehead atoms. The number of likely N-dealkylation sites (N-methyl/N-ethyl adjacent to an activating group) is 1. The summed E-state index contributed by atoms with van der Waals surface area (Å²) in [5.41, 5.74) is 1.96. The van der Waals surface area contributed by atoms with E-state index in [9.17, 15) is 8.78 Å². The average molecular weight is 412 g/mol. The van der Waals surface area contributed by atoms with Gasteiger partial charge in [0.15, 0.2) is 5.82 Å². The van der Waals surface area contributed by atoms with Crippen molar-refractivity contribution in [3.05, 3.63) is 42.1 Å². The van der Waals surface area contributed by atoms with Gasteiger partial charge in [-0.15, -0.1) is 0 Å². The summed E-state index contributed by atoms with van der Waals surface area (Å²) in [4.78, 5) is 19.7. The predicted octanol–water partition coefficient (Wildman–Crippen LogP) is 3.12. The minimum atomic E-state index is -0.616.